The summed E-state index contributed by atoms with van der Waals surface area (Å²) in [6.07, 6.45) is 2.62. The highest BCUT2D eigenvalue weighted by Crippen LogP contribution is 2.02. The fraction of sp³-hybridized carbons (Fsp3) is 0.583. The Labute approximate surface area is 114 Å². The highest BCUT2D eigenvalue weighted by molar-refractivity contribution is 7.85. The van der Waals surface area contributed by atoms with E-state index in [0.29, 0.717) is 0 Å². The summed E-state index contributed by atoms with van der Waals surface area (Å²) in [5, 5.41) is 3.16. The van der Waals surface area contributed by atoms with Crippen LogP contribution in [0.5, 0.6) is 0 Å². The Balaban J connectivity index is 0.000000250. The number of nitrogens with one attached hydrogen (secondary N) is 1. The Morgan fingerprint density at radius 2 is 2.05 bits per heavy atom. The third kappa shape index (κ3) is 8.66. The lowest BCUT2D eigenvalue weighted by molar-refractivity contribution is 0.109. The summed E-state index contributed by atoms with van der Waals surface area (Å²) < 4.78 is 30.9. The summed E-state index contributed by atoms with van der Waals surface area (Å²) in [5.41, 5.74) is 1.64. The maximum atomic E-state index is 10.6. The first kappa shape index (κ1) is 16.0. The Morgan fingerprint density at radius 3 is 2.42 bits per heavy atom. The van der Waals surface area contributed by atoms with E-state index in [9.17, 15) is 8.42 Å². The third-order valence-electron chi connectivity index (χ3n) is 2.26. The molecule has 1 aliphatic heterocycles. The van der Waals surface area contributed by atoms with Crippen molar-refractivity contribution in [3.63, 3.8) is 0 Å². The van der Waals surface area contributed by atoms with Gasteiger partial charge in [-0.2, -0.15) is 8.42 Å². The summed E-state index contributed by atoms with van der Waals surface area (Å²) in [6.45, 7) is 5.74. The molecular formula is C12H20N2O4S. The Hall–Kier alpha value is -1.02. The normalized spacial score (nSPS) is 15.5. The maximum absolute atomic E-state index is 10.6. The van der Waals surface area contributed by atoms with Gasteiger partial charge >= 0.3 is 0 Å². The number of nitrogens with zero attached hydrogens (tertiary/aromatic N) is 1. The van der Waals surface area contributed by atoms with Gasteiger partial charge in [0.1, 0.15) is 0 Å². The fourth-order valence-electron chi connectivity index (χ4n) is 1.27. The minimum atomic E-state index is -3.36. The largest absolute Gasteiger partial charge is 0.379 e. The standard InChI is InChI=1S/C8H11NO3S.C4H9NO/c1-7-3-4-8(5-9-7)6-12-13(2,10)11;1-3-6-4-2-5-1/h3-5H,6H2,1-2H3;5H,1-4H2. The van der Waals surface area contributed by atoms with Crippen molar-refractivity contribution in [3.05, 3.63) is 29.6 Å². The van der Waals surface area contributed by atoms with Gasteiger partial charge in [0.25, 0.3) is 10.1 Å². The molecule has 1 aromatic heterocycles. The number of pyridine rings is 1. The van der Waals surface area contributed by atoms with Crippen molar-refractivity contribution in [1.82, 2.24) is 10.3 Å². The molecule has 0 spiro atoms. The molecule has 0 saturated carbocycles. The van der Waals surface area contributed by atoms with Crippen LogP contribution in [0.4, 0.5) is 0 Å². The molecule has 19 heavy (non-hydrogen) atoms. The van der Waals surface area contributed by atoms with Gasteiger partial charge in [0, 0.05) is 25.0 Å². The topological polar surface area (TPSA) is 77.5 Å². The monoisotopic (exact) mass is 288 g/mol. The summed E-state index contributed by atoms with van der Waals surface area (Å²) in [5.74, 6) is 0. The quantitative estimate of drug-likeness (QED) is 0.815. The van der Waals surface area contributed by atoms with Crippen LogP contribution >= 0.6 is 0 Å². The van der Waals surface area contributed by atoms with Crippen LogP contribution in [0.3, 0.4) is 0 Å². The molecule has 0 bridgehead atoms. The number of ether oxygens (including phenoxy) is 1. The van der Waals surface area contributed by atoms with Crippen molar-refractivity contribution in [2.45, 2.75) is 13.5 Å². The van der Waals surface area contributed by atoms with E-state index in [1.807, 2.05) is 6.92 Å². The van der Waals surface area contributed by atoms with Gasteiger partial charge in [-0.1, -0.05) is 6.07 Å². The lowest BCUT2D eigenvalue weighted by Crippen LogP contribution is -2.30. The lowest BCUT2D eigenvalue weighted by Gasteiger charge is -2.10. The van der Waals surface area contributed by atoms with Gasteiger partial charge in [0.15, 0.2) is 0 Å². The van der Waals surface area contributed by atoms with E-state index < -0.39 is 10.1 Å². The summed E-state index contributed by atoms with van der Waals surface area (Å²) in [6, 6.07) is 3.59. The molecule has 1 N–H and O–H groups in total. The van der Waals surface area contributed by atoms with Crippen LogP contribution in [-0.4, -0.2) is 46.0 Å². The Morgan fingerprint density at radius 1 is 1.37 bits per heavy atom. The van der Waals surface area contributed by atoms with E-state index >= 15 is 0 Å². The van der Waals surface area contributed by atoms with Crippen LogP contribution in [0.1, 0.15) is 11.3 Å². The molecule has 2 heterocycles. The smallest absolute Gasteiger partial charge is 0.264 e. The number of hydrogen-bond donors (Lipinski definition) is 1. The van der Waals surface area contributed by atoms with Crippen molar-refractivity contribution in [1.29, 1.82) is 0 Å². The first-order chi connectivity index (χ1) is 8.97. The third-order valence-corrected chi connectivity index (χ3v) is 2.80. The van der Waals surface area contributed by atoms with Gasteiger partial charge < -0.3 is 10.1 Å². The summed E-state index contributed by atoms with van der Waals surface area (Å²) in [7, 11) is -3.36. The van der Waals surface area contributed by atoms with Crippen molar-refractivity contribution in [2.75, 3.05) is 32.6 Å². The van der Waals surface area contributed by atoms with Crippen molar-refractivity contribution < 1.29 is 17.3 Å². The summed E-state index contributed by atoms with van der Waals surface area (Å²) >= 11 is 0. The van der Waals surface area contributed by atoms with Gasteiger partial charge in [0.2, 0.25) is 0 Å². The molecule has 7 heteroatoms. The molecule has 0 radical (unpaired) electrons. The van der Waals surface area contributed by atoms with Crippen LogP contribution in [0.2, 0.25) is 0 Å². The first-order valence-electron chi connectivity index (χ1n) is 6.02. The van der Waals surface area contributed by atoms with E-state index in [4.69, 9.17) is 4.74 Å². The SMILES string of the molecule is C1COCCN1.Cc1ccc(COS(C)(=O)=O)cn1. The molecule has 0 unspecified atom stereocenters. The molecule has 0 atom stereocenters. The highest BCUT2D eigenvalue weighted by atomic mass is 32.2. The van der Waals surface area contributed by atoms with E-state index in [-0.39, 0.29) is 6.61 Å². The molecule has 1 fully saturated rings. The van der Waals surface area contributed by atoms with Crippen molar-refractivity contribution in [3.8, 4) is 0 Å². The average molecular weight is 288 g/mol. The predicted molar refractivity (Wildman–Crippen MR) is 72.3 cm³/mol. The zero-order valence-electron chi connectivity index (χ0n) is 11.3. The van der Waals surface area contributed by atoms with Crippen LogP contribution in [0.25, 0.3) is 0 Å². The number of aromatic nitrogens is 1. The number of aryl methyl sites for hydroxylation is 1. The minimum Gasteiger partial charge on any atom is -0.379 e. The molecule has 0 amide bonds. The molecule has 1 aliphatic rings. The molecule has 1 aromatic rings. The second-order valence-corrected chi connectivity index (χ2v) is 5.78. The Kier molecular flexibility index (Phi) is 6.93. The van der Waals surface area contributed by atoms with Crippen LogP contribution in [0, 0.1) is 6.92 Å². The lowest BCUT2D eigenvalue weighted by atomic mass is 10.3. The van der Waals surface area contributed by atoms with Gasteiger partial charge in [-0.15, -0.1) is 0 Å². The fourth-order valence-corrected chi connectivity index (χ4v) is 1.62. The molecular weight excluding hydrogens is 268 g/mol. The minimum absolute atomic E-state index is 0.0477. The molecule has 0 aromatic carbocycles. The van der Waals surface area contributed by atoms with Crippen molar-refractivity contribution >= 4 is 10.1 Å². The van der Waals surface area contributed by atoms with Gasteiger partial charge in [-0.05, 0) is 18.6 Å². The highest BCUT2D eigenvalue weighted by Gasteiger charge is 2.02. The van der Waals surface area contributed by atoms with E-state index in [0.717, 1.165) is 43.8 Å². The zero-order chi connectivity index (χ0) is 14.1. The van der Waals surface area contributed by atoms with Gasteiger partial charge in [-0.25, -0.2) is 0 Å². The van der Waals surface area contributed by atoms with Gasteiger partial charge in [-0.3, -0.25) is 9.17 Å². The Bertz CT molecular complexity index is 444. The second-order valence-electron chi connectivity index (χ2n) is 4.14. The molecule has 108 valence electrons. The number of hydrogen-bond acceptors (Lipinski definition) is 6. The zero-order valence-corrected chi connectivity index (χ0v) is 12.1. The number of rotatable bonds is 3. The first-order valence-corrected chi connectivity index (χ1v) is 7.83. The number of morpholine rings is 1. The molecule has 6 nitrogen and oxygen atoms in total. The molecule has 0 aliphatic carbocycles. The van der Waals surface area contributed by atoms with Crippen LogP contribution in [-0.2, 0) is 25.6 Å². The molecule has 1 saturated heterocycles. The average Bonchev–Trinajstić information content (AvgIpc) is 2.40. The van der Waals surface area contributed by atoms with E-state index in [1.165, 1.54) is 0 Å². The predicted octanol–water partition coefficient (Wildman–Crippen LogP) is 0.472. The molecule has 2 rings (SSSR count). The van der Waals surface area contributed by atoms with Crippen LogP contribution < -0.4 is 5.32 Å². The van der Waals surface area contributed by atoms with Crippen LogP contribution in [0.15, 0.2) is 18.3 Å². The second kappa shape index (κ2) is 8.21. The van der Waals surface area contributed by atoms with E-state index in [2.05, 4.69) is 14.5 Å². The maximum Gasteiger partial charge on any atom is 0.264 e. The van der Waals surface area contributed by atoms with E-state index in [1.54, 1.807) is 18.3 Å². The van der Waals surface area contributed by atoms with Gasteiger partial charge in [0.05, 0.1) is 26.1 Å². The summed E-state index contributed by atoms with van der Waals surface area (Å²) in [4.78, 5) is 4.00. The van der Waals surface area contributed by atoms with Crippen molar-refractivity contribution in [2.24, 2.45) is 0 Å².